The van der Waals surface area contributed by atoms with Crippen LogP contribution in [0.15, 0.2) is 0 Å². The third-order valence-electron chi connectivity index (χ3n) is 6.99. The molecule has 0 unspecified atom stereocenters. The Bertz CT molecular complexity index is 392. The fourth-order valence-electron chi connectivity index (χ4n) is 6.19. The minimum atomic E-state index is 0.320. The number of nitrogens with one attached hydrogen (secondary N) is 1. The van der Waals surface area contributed by atoms with Crippen LogP contribution in [0, 0.1) is 28.6 Å². The molecule has 118 valence electrons. The molecule has 3 heteroatoms. The zero-order valence-electron chi connectivity index (χ0n) is 13.2. The summed E-state index contributed by atoms with van der Waals surface area (Å²) in [7, 11) is 0. The Kier molecular flexibility index (Phi) is 3.33. The van der Waals surface area contributed by atoms with Crippen molar-refractivity contribution in [1.29, 1.82) is 0 Å². The molecule has 4 bridgehead atoms. The van der Waals surface area contributed by atoms with Crippen molar-refractivity contribution in [2.45, 2.75) is 64.2 Å². The van der Waals surface area contributed by atoms with Crippen LogP contribution in [0.5, 0.6) is 0 Å². The molecule has 0 saturated heterocycles. The monoisotopic (exact) mass is 290 g/mol. The average Bonchev–Trinajstić information content (AvgIpc) is 3.15. The van der Waals surface area contributed by atoms with Crippen LogP contribution in [0.2, 0.25) is 0 Å². The first-order valence-corrected chi connectivity index (χ1v) is 9.07. The van der Waals surface area contributed by atoms with Gasteiger partial charge in [-0.2, -0.15) is 0 Å². The molecule has 0 radical (unpaired) electrons. The fourth-order valence-corrected chi connectivity index (χ4v) is 6.19. The van der Waals surface area contributed by atoms with Gasteiger partial charge in [-0.25, -0.2) is 0 Å². The molecule has 0 heterocycles. The second-order valence-corrected chi connectivity index (χ2v) is 8.91. The van der Waals surface area contributed by atoms with Crippen molar-refractivity contribution in [1.82, 2.24) is 5.32 Å². The minimum absolute atomic E-state index is 0.320. The van der Waals surface area contributed by atoms with Gasteiger partial charge in [-0.1, -0.05) is 0 Å². The van der Waals surface area contributed by atoms with Gasteiger partial charge in [-0.3, -0.25) is 4.79 Å². The molecule has 0 aromatic carbocycles. The van der Waals surface area contributed by atoms with E-state index in [1.54, 1.807) is 0 Å². The zero-order valence-corrected chi connectivity index (χ0v) is 13.2. The van der Waals surface area contributed by atoms with E-state index in [9.17, 15) is 4.79 Å². The van der Waals surface area contributed by atoms with Crippen molar-refractivity contribution in [3.8, 4) is 0 Å². The van der Waals surface area contributed by atoms with Crippen LogP contribution in [-0.2, 0) is 4.79 Å². The van der Waals surface area contributed by atoms with Crippen molar-refractivity contribution in [3.05, 3.63) is 0 Å². The second-order valence-electron chi connectivity index (χ2n) is 8.91. The van der Waals surface area contributed by atoms with E-state index in [0.29, 0.717) is 16.7 Å². The standard InChI is InChI=1S/C18H30N2O/c19-4-3-17(1-2-17)12-20-16(21)11-18-8-13-5-14(9-18)7-15(6-13)10-18/h13-15H,1-12,19H2,(H,20,21). The predicted octanol–water partition coefficient (Wildman–Crippen LogP) is 2.84. The molecule has 5 saturated carbocycles. The third kappa shape index (κ3) is 2.74. The summed E-state index contributed by atoms with van der Waals surface area (Å²) in [6.45, 7) is 1.63. The highest BCUT2D eigenvalue weighted by Gasteiger charge is 2.51. The molecule has 21 heavy (non-hydrogen) atoms. The van der Waals surface area contributed by atoms with E-state index in [2.05, 4.69) is 5.32 Å². The smallest absolute Gasteiger partial charge is 0.220 e. The van der Waals surface area contributed by atoms with Crippen LogP contribution in [-0.4, -0.2) is 19.0 Å². The van der Waals surface area contributed by atoms with Gasteiger partial charge in [0, 0.05) is 13.0 Å². The Hall–Kier alpha value is -0.570. The van der Waals surface area contributed by atoms with Crippen LogP contribution in [0.25, 0.3) is 0 Å². The molecule has 3 nitrogen and oxygen atoms in total. The lowest BCUT2D eigenvalue weighted by atomic mass is 9.49. The van der Waals surface area contributed by atoms with Gasteiger partial charge >= 0.3 is 0 Å². The molecule has 0 aromatic heterocycles. The van der Waals surface area contributed by atoms with E-state index in [4.69, 9.17) is 5.73 Å². The van der Waals surface area contributed by atoms with E-state index in [0.717, 1.165) is 43.7 Å². The van der Waals surface area contributed by atoms with Gasteiger partial charge in [0.05, 0.1) is 0 Å². The van der Waals surface area contributed by atoms with Crippen molar-refractivity contribution < 1.29 is 4.79 Å². The van der Waals surface area contributed by atoms with E-state index < -0.39 is 0 Å². The van der Waals surface area contributed by atoms with Gasteiger partial charge < -0.3 is 11.1 Å². The van der Waals surface area contributed by atoms with E-state index in [1.165, 1.54) is 51.4 Å². The number of rotatable bonds is 6. The maximum Gasteiger partial charge on any atom is 0.220 e. The average molecular weight is 290 g/mol. The van der Waals surface area contributed by atoms with Crippen LogP contribution in [0.4, 0.5) is 0 Å². The van der Waals surface area contributed by atoms with Crippen molar-refractivity contribution >= 4 is 5.91 Å². The molecule has 0 spiro atoms. The molecule has 0 atom stereocenters. The van der Waals surface area contributed by atoms with Gasteiger partial charge in [0.25, 0.3) is 0 Å². The number of hydrogen-bond donors (Lipinski definition) is 2. The Morgan fingerprint density at radius 2 is 1.62 bits per heavy atom. The highest BCUT2D eigenvalue weighted by atomic mass is 16.1. The summed E-state index contributed by atoms with van der Waals surface area (Å²) in [5.74, 6) is 3.14. The highest BCUT2D eigenvalue weighted by molar-refractivity contribution is 5.76. The Labute approximate surface area is 128 Å². The van der Waals surface area contributed by atoms with Crippen LogP contribution < -0.4 is 11.1 Å². The molecule has 1 amide bonds. The maximum absolute atomic E-state index is 12.5. The van der Waals surface area contributed by atoms with Gasteiger partial charge in [-0.05, 0) is 92.9 Å². The minimum Gasteiger partial charge on any atom is -0.356 e. The fraction of sp³-hybridized carbons (Fsp3) is 0.944. The van der Waals surface area contributed by atoms with E-state index in [-0.39, 0.29) is 0 Å². The van der Waals surface area contributed by atoms with Crippen LogP contribution in [0.3, 0.4) is 0 Å². The van der Waals surface area contributed by atoms with Gasteiger partial charge in [0.15, 0.2) is 0 Å². The summed E-state index contributed by atoms with van der Waals surface area (Å²) >= 11 is 0. The van der Waals surface area contributed by atoms with Crippen molar-refractivity contribution in [3.63, 3.8) is 0 Å². The molecule has 5 aliphatic carbocycles. The largest absolute Gasteiger partial charge is 0.356 e. The first kappa shape index (κ1) is 14.0. The Morgan fingerprint density at radius 1 is 1.05 bits per heavy atom. The van der Waals surface area contributed by atoms with Gasteiger partial charge in [0.1, 0.15) is 0 Å². The zero-order chi connectivity index (χ0) is 14.5. The van der Waals surface area contributed by atoms with Crippen LogP contribution >= 0.6 is 0 Å². The molecule has 0 aliphatic heterocycles. The summed E-state index contributed by atoms with van der Waals surface area (Å²) < 4.78 is 0. The Balaban J connectivity index is 1.32. The summed E-state index contributed by atoms with van der Waals surface area (Å²) in [6.07, 6.45) is 12.8. The third-order valence-corrected chi connectivity index (χ3v) is 6.99. The van der Waals surface area contributed by atoms with Crippen molar-refractivity contribution in [2.24, 2.45) is 34.3 Å². The lowest BCUT2D eigenvalue weighted by Crippen LogP contribution is -2.48. The van der Waals surface area contributed by atoms with Crippen LogP contribution in [0.1, 0.15) is 64.2 Å². The molecular formula is C18H30N2O. The summed E-state index contributed by atoms with van der Waals surface area (Å²) in [4.78, 5) is 12.5. The molecule has 5 aliphatic rings. The van der Waals surface area contributed by atoms with Gasteiger partial charge in [0.2, 0.25) is 5.91 Å². The van der Waals surface area contributed by atoms with Gasteiger partial charge in [-0.15, -0.1) is 0 Å². The number of hydrogen-bond acceptors (Lipinski definition) is 2. The lowest BCUT2D eigenvalue weighted by molar-refractivity contribution is -0.129. The quantitative estimate of drug-likeness (QED) is 0.790. The summed E-state index contributed by atoms with van der Waals surface area (Å²) in [5.41, 5.74) is 6.43. The first-order chi connectivity index (χ1) is 10.1. The SMILES string of the molecule is NCCC1(CNC(=O)CC23CC4CC(CC(C4)C2)C3)CC1. The Morgan fingerprint density at radius 3 is 2.10 bits per heavy atom. The highest BCUT2D eigenvalue weighted by Crippen LogP contribution is 2.61. The molecule has 5 fully saturated rings. The summed E-state index contributed by atoms with van der Waals surface area (Å²) in [6, 6.07) is 0. The number of amides is 1. The van der Waals surface area contributed by atoms with E-state index >= 15 is 0 Å². The molecule has 0 aromatic rings. The van der Waals surface area contributed by atoms with E-state index in [1.807, 2.05) is 0 Å². The molecule has 5 rings (SSSR count). The normalized spacial score (nSPS) is 42.0. The number of nitrogens with two attached hydrogens (primary N) is 1. The molecule has 3 N–H and O–H groups in total. The second kappa shape index (κ2) is 4.97. The predicted molar refractivity (Wildman–Crippen MR) is 83.6 cm³/mol. The number of carbonyl (C=O) groups is 1. The topological polar surface area (TPSA) is 55.1 Å². The van der Waals surface area contributed by atoms with Crippen molar-refractivity contribution in [2.75, 3.05) is 13.1 Å². The summed E-state index contributed by atoms with van der Waals surface area (Å²) in [5, 5.41) is 3.25. The first-order valence-electron chi connectivity index (χ1n) is 9.07. The molecular weight excluding hydrogens is 260 g/mol. The number of carbonyl (C=O) groups excluding carboxylic acids is 1. The maximum atomic E-state index is 12.5. The lowest BCUT2D eigenvalue weighted by Gasteiger charge is -2.56.